The highest BCUT2D eigenvalue weighted by atomic mass is 16.5. The number of H-pyrrole nitrogens is 1. The molecule has 0 unspecified atom stereocenters. The third-order valence-electron chi connectivity index (χ3n) is 3.03. The molecular weight excluding hydrogens is 242 g/mol. The Hall–Kier alpha value is -2.56. The maximum absolute atomic E-state index is 5.42. The van der Waals surface area contributed by atoms with E-state index in [0.29, 0.717) is 0 Å². The van der Waals surface area contributed by atoms with Crippen LogP contribution in [0.1, 0.15) is 0 Å². The first-order valence-corrected chi connectivity index (χ1v) is 5.83. The van der Waals surface area contributed by atoms with Gasteiger partial charge >= 0.3 is 0 Å². The van der Waals surface area contributed by atoms with E-state index in [2.05, 4.69) is 15.0 Å². The van der Waals surface area contributed by atoms with Crippen molar-refractivity contribution in [1.29, 1.82) is 0 Å². The molecule has 0 atom stereocenters. The molecule has 96 valence electrons. The molecule has 0 spiro atoms. The zero-order valence-corrected chi connectivity index (χ0v) is 10.7. The molecule has 2 heterocycles. The summed E-state index contributed by atoms with van der Waals surface area (Å²) in [5.74, 6) is 1.49. The fourth-order valence-electron chi connectivity index (χ4n) is 2.08. The van der Waals surface area contributed by atoms with E-state index in [4.69, 9.17) is 9.47 Å². The fraction of sp³-hybridized carbons (Fsp3) is 0.143. The van der Waals surface area contributed by atoms with Crippen LogP contribution in [-0.4, -0.2) is 29.2 Å². The summed E-state index contributed by atoms with van der Waals surface area (Å²) in [4.78, 5) is 11.6. The second-order valence-corrected chi connectivity index (χ2v) is 4.05. The molecular formula is C14H13N3O2. The molecule has 0 aliphatic rings. The SMILES string of the molecule is COc1ccc(-c2cncc3[nH]cnc23)c(OC)c1. The van der Waals surface area contributed by atoms with Crippen molar-refractivity contribution in [2.45, 2.75) is 0 Å². The molecule has 1 aromatic carbocycles. The smallest absolute Gasteiger partial charge is 0.130 e. The van der Waals surface area contributed by atoms with Crippen LogP contribution in [-0.2, 0) is 0 Å². The van der Waals surface area contributed by atoms with Gasteiger partial charge in [0.25, 0.3) is 0 Å². The number of fused-ring (bicyclic) bond motifs is 1. The number of nitrogens with zero attached hydrogens (tertiary/aromatic N) is 2. The van der Waals surface area contributed by atoms with Crippen molar-refractivity contribution in [3.05, 3.63) is 36.9 Å². The Morgan fingerprint density at radius 3 is 2.74 bits per heavy atom. The molecule has 19 heavy (non-hydrogen) atoms. The van der Waals surface area contributed by atoms with Gasteiger partial charge in [-0.3, -0.25) is 4.98 Å². The number of methoxy groups -OCH3 is 2. The highest BCUT2D eigenvalue weighted by molar-refractivity contribution is 5.92. The number of hydrogen-bond donors (Lipinski definition) is 1. The van der Waals surface area contributed by atoms with Gasteiger partial charge in [0.15, 0.2) is 0 Å². The molecule has 0 amide bonds. The summed E-state index contributed by atoms with van der Waals surface area (Å²) in [6.45, 7) is 0. The third-order valence-corrected chi connectivity index (χ3v) is 3.03. The number of imidazole rings is 1. The lowest BCUT2D eigenvalue weighted by molar-refractivity contribution is 0.395. The van der Waals surface area contributed by atoms with E-state index in [0.717, 1.165) is 33.7 Å². The summed E-state index contributed by atoms with van der Waals surface area (Å²) in [6, 6.07) is 5.69. The summed E-state index contributed by atoms with van der Waals surface area (Å²) < 4.78 is 10.6. The maximum atomic E-state index is 5.42. The second-order valence-electron chi connectivity index (χ2n) is 4.05. The summed E-state index contributed by atoms with van der Waals surface area (Å²) in [5.41, 5.74) is 3.64. The number of ether oxygens (including phenoxy) is 2. The summed E-state index contributed by atoms with van der Waals surface area (Å²) in [5, 5.41) is 0. The minimum Gasteiger partial charge on any atom is -0.497 e. The van der Waals surface area contributed by atoms with E-state index in [1.165, 1.54) is 0 Å². The Kier molecular flexibility index (Phi) is 2.79. The number of rotatable bonds is 3. The molecule has 5 heteroatoms. The molecule has 0 aliphatic carbocycles. The Balaban J connectivity index is 2.23. The van der Waals surface area contributed by atoms with Crippen LogP contribution in [0.3, 0.4) is 0 Å². The van der Waals surface area contributed by atoms with Crippen LogP contribution in [0.25, 0.3) is 22.2 Å². The fourth-order valence-corrected chi connectivity index (χ4v) is 2.08. The van der Waals surface area contributed by atoms with Crippen LogP contribution < -0.4 is 9.47 Å². The second kappa shape index (κ2) is 4.61. The van der Waals surface area contributed by atoms with Gasteiger partial charge < -0.3 is 14.5 Å². The quantitative estimate of drug-likeness (QED) is 0.781. The van der Waals surface area contributed by atoms with Crippen molar-refractivity contribution < 1.29 is 9.47 Å². The van der Waals surface area contributed by atoms with Crippen LogP contribution in [0.15, 0.2) is 36.9 Å². The predicted molar refractivity (Wildman–Crippen MR) is 72.4 cm³/mol. The molecule has 5 nitrogen and oxygen atoms in total. The molecule has 0 bridgehead atoms. The summed E-state index contributed by atoms with van der Waals surface area (Å²) in [6.07, 6.45) is 5.20. The van der Waals surface area contributed by atoms with Crippen LogP contribution in [0.2, 0.25) is 0 Å². The van der Waals surface area contributed by atoms with Gasteiger partial charge in [0.05, 0.1) is 37.8 Å². The number of pyridine rings is 1. The van der Waals surface area contributed by atoms with Crippen molar-refractivity contribution in [2.24, 2.45) is 0 Å². The number of nitrogens with one attached hydrogen (secondary N) is 1. The Bertz CT molecular complexity index is 722. The molecule has 0 saturated heterocycles. The first kappa shape index (κ1) is 11.5. The number of aromatic amines is 1. The molecule has 3 aromatic rings. The Morgan fingerprint density at radius 2 is 1.95 bits per heavy atom. The zero-order chi connectivity index (χ0) is 13.2. The minimum absolute atomic E-state index is 0.733. The van der Waals surface area contributed by atoms with E-state index in [-0.39, 0.29) is 0 Å². The number of hydrogen-bond acceptors (Lipinski definition) is 4. The molecule has 0 radical (unpaired) electrons. The topological polar surface area (TPSA) is 60.0 Å². The maximum Gasteiger partial charge on any atom is 0.130 e. The first-order valence-electron chi connectivity index (χ1n) is 5.83. The van der Waals surface area contributed by atoms with Gasteiger partial charge in [-0.05, 0) is 12.1 Å². The standard InChI is InChI=1S/C14H13N3O2/c1-18-9-3-4-10(13(5-9)19-2)11-6-15-7-12-14(11)17-8-16-12/h3-8H,1-2H3,(H,16,17). The van der Waals surface area contributed by atoms with E-state index in [1.54, 1.807) is 32.9 Å². The van der Waals surface area contributed by atoms with E-state index in [1.807, 2.05) is 18.2 Å². The van der Waals surface area contributed by atoms with Crippen molar-refractivity contribution >= 4 is 11.0 Å². The van der Waals surface area contributed by atoms with Gasteiger partial charge in [-0.15, -0.1) is 0 Å². The molecule has 1 N–H and O–H groups in total. The Labute approximate surface area is 110 Å². The summed E-state index contributed by atoms with van der Waals surface area (Å²) in [7, 11) is 3.26. The number of aromatic nitrogens is 3. The van der Waals surface area contributed by atoms with Gasteiger partial charge in [0.2, 0.25) is 0 Å². The van der Waals surface area contributed by atoms with Gasteiger partial charge in [-0.1, -0.05) is 0 Å². The van der Waals surface area contributed by atoms with Crippen LogP contribution in [0, 0.1) is 0 Å². The first-order chi connectivity index (χ1) is 9.33. The normalized spacial score (nSPS) is 10.6. The van der Waals surface area contributed by atoms with E-state index < -0.39 is 0 Å². The van der Waals surface area contributed by atoms with Gasteiger partial charge in [-0.2, -0.15) is 0 Å². The summed E-state index contributed by atoms with van der Waals surface area (Å²) >= 11 is 0. The lowest BCUT2D eigenvalue weighted by atomic mass is 10.1. The van der Waals surface area contributed by atoms with Crippen molar-refractivity contribution in [3.8, 4) is 22.6 Å². The van der Waals surface area contributed by atoms with Crippen molar-refractivity contribution in [1.82, 2.24) is 15.0 Å². The zero-order valence-electron chi connectivity index (χ0n) is 10.7. The number of benzene rings is 1. The Morgan fingerprint density at radius 1 is 1.05 bits per heavy atom. The molecule has 3 rings (SSSR count). The van der Waals surface area contributed by atoms with E-state index >= 15 is 0 Å². The monoisotopic (exact) mass is 255 g/mol. The van der Waals surface area contributed by atoms with Crippen molar-refractivity contribution in [3.63, 3.8) is 0 Å². The highest BCUT2D eigenvalue weighted by Gasteiger charge is 2.12. The highest BCUT2D eigenvalue weighted by Crippen LogP contribution is 2.35. The molecule has 0 aliphatic heterocycles. The van der Waals surface area contributed by atoms with Crippen LogP contribution in [0.4, 0.5) is 0 Å². The average Bonchev–Trinajstić information content (AvgIpc) is 2.95. The largest absolute Gasteiger partial charge is 0.497 e. The van der Waals surface area contributed by atoms with Gasteiger partial charge in [0, 0.05) is 23.4 Å². The van der Waals surface area contributed by atoms with Crippen molar-refractivity contribution in [2.75, 3.05) is 14.2 Å². The van der Waals surface area contributed by atoms with Gasteiger partial charge in [-0.25, -0.2) is 4.98 Å². The lowest BCUT2D eigenvalue weighted by Crippen LogP contribution is -1.91. The van der Waals surface area contributed by atoms with Gasteiger partial charge in [0.1, 0.15) is 11.5 Å². The third kappa shape index (κ3) is 1.89. The minimum atomic E-state index is 0.733. The molecule has 2 aromatic heterocycles. The molecule has 0 saturated carbocycles. The van der Waals surface area contributed by atoms with E-state index in [9.17, 15) is 0 Å². The average molecular weight is 255 g/mol. The lowest BCUT2D eigenvalue weighted by Gasteiger charge is -2.10. The predicted octanol–water partition coefficient (Wildman–Crippen LogP) is 2.64. The van der Waals surface area contributed by atoms with Crippen LogP contribution in [0.5, 0.6) is 11.5 Å². The molecule has 0 fully saturated rings. The van der Waals surface area contributed by atoms with Crippen LogP contribution >= 0.6 is 0 Å².